The van der Waals surface area contributed by atoms with Gasteiger partial charge < -0.3 is 24.8 Å². The van der Waals surface area contributed by atoms with Crippen LogP contribution in [-0.2, 0) is 14.3 Å². The number of carbonyl (C=O) groups excluding carboxylic acids is 1. The average Bonchev–Trinajstić information content (AvgIpc) is 3.42. The van der Waals surface area contributed by atoms with Crippen LogP contribution in [0.25, 0.3) is 0 Å². The van der Waals surface area contributed by atoms with Crippen molar-refractivity contribution in [3.8, 4) is 0 Å². The van der Waals surface area contributed by atoms with E-state index in [1.807, 2.05) is 19.1 Å². The Labute approximate surface area is 178 Å². The molecular formula is C24H34O6. The normalized spacial score (nSPS) is 34.7. The van der Waals surface area contributed by atoms with E-state index in [1.165, 1.54) is 6.08 Å². The third-order valence-corrected chi connectivity index (χ3v) is 4.92. The van der Waals surface area contributed by atoms with Crippen molar-refractivity contribution >= 4 is 5.97 Å². The number of aliphatic hydroxyl groups is 3. The Morgan fingerprint density at radius 1 is 0.900 bits per heavy atom. The molecule has 0 bridgehead atoms. The SMILES string of the molecule is C[C@H]1CCC[C@@H](O)C=C[C@@H]2O[C@@H]2C[C@@H](O)CC=CC=C[C@@H](O)CC=CC=CC(=O)O1. The molecule has 0 spiro atoms. The summed E-state index contributed by atoms with van der Waals surface area (Å²) in [6.07, 6.45) is 18.6. The van der Waals surface area contributed by atoms with Crippen molar-refractivity contribution in [3.05, 3.63) is 60.8 Å². The lowest BCUT2D eigenvalue weighted by Gasteiger charge is -2.12. The predicted octanol–water partition coefficient (Wildman–Crippen LogP) is 2.90. The van der Waals surface area contributed by atoms with Crippen LogP contribution < -0.4 is 0 Å². The van der Waals surface area contributed by atoms with Gasteiger partial charge in [0.05, 0.1) is 30.5 Å². The van der Waals surface area contributed by atoms with Gasteiger partial charge >= 0.3 is 5.97 Å². The third kappa shape index (κ3) is 10.7. The van der Waals surface area contributed by atoms with Gasteiger partial charge in [-0.05, 0) is 39.0 Å². The maximum absolute atomic E-state index is 11.8. The number of cyclic esters (lactones) is 1. The number of rotatable bonds is 0. The number of allylic oxidation sites excluding steroid dienone is 4. The second-order valence-corrected chi connectivity index (χ2v) is 7.80. The van der Waals surface area contributed by atoms with Gasteiger partial charge in [0.1, 0.15) is 6.10 Å². The van der Waals surface area contributed by atoms with E-state index in [0.717, 1.165) is 6.42 Å². The van der Waals surface area contributed by atoms with E-state index in [1.54, 1.807) is 42.5 Å². The molecule has 6 heteroatoms. The molecule has 2 aliphatic rings. The molecule has 0 unspecified atom stereocenters. The summed E-state index contributed by atoms with van der Waals surface area (Å²) in [7, 11) is 0. The quantitative estimate of drug-likeness (QED) is 0.318. The highest BCUT2D eigenvalue weighted by atomic mass is 16.6. The van der Waals surface area contributed by atoms with Gasteiger partial charge in [-0.1, -0.05) is 54.7 Å². The van der Waals surface area contributed by atoms with Crippen molar-refractivity contribution in [2.75, 3.05) is 0 Å². The van der Waals surface area contributed by atoms with Gasteiger partial charge in [-0.15, -0.1) is 0 Å². The molecule has 1 fully saturated rings. The van der Waals surface area contributed by atoms with E-state index in [0.29, 0.717) is 32.1 Å². The van der Waals surface area contributed by atoms with Crippen molar-refractivity contribution < 1.29 is 29.6 Å². The molecule has 3 N–H and O–H groups in total. The molecule has 30 heavy (non-hydrogen) atoms. The summed E-state index contributed by atoms with van der Waals surface area (Å²) in [6, 6.07) is 0. The highest BCUT2D eigenvalue weighted by molar-refractivity contribution is 5.82. The maximum Gasteiger partial charge on any atom is 0.331 e. The van der Waals surface area contributed by atoms with Crippen LogP contribution in [0.5, 0.6) is 0 Å². The fourth-order valence-electron chi connectivity index (χ4n) is 3.14. The summed E-state index contributed by atoms with van der Waals surface area (Å²) in [6.45, 7) is 1.83. The van der Waals surface area contributed by atoms with Crippen molar-refractivity contribution in [2.45, 2.75) is 82.1 Å². The Morgan fingerprint density at radius 2 is 1.67 bits per heavy atom. The third-order valence-electron chi connectivity index (χ3n) is 4.92. The molecule has 6 nitrogen and oxygen atoms in total. The van der Waals surface area contributed by atoms with Gasteiger partial charge in [0.2, 0.25) is 0 Å². The average molecular weight is 419 g/mol. The van der Waals surface area contributed by atoms with Crippen LogP contribution in [0.15, 0.2) is 60.8 Å². The Kier molecular flexibility index (Phi) is 10.8. The summed E-state index contributed by atoms with van der Waals surface area (Å²) in [5.41, 5.74) is 0. The standard InChI is InChI=1S/C24H34O6/c1-18-9-8-13-20(26)15-16-22-23(30-22)17-21(27)12-6-2-4-10-19(25)11-5-3-7-14-24(28)29-18/h2-7,10,14-16,18-23,25-27H,8-9,11-13,17H2,1H3/t18-,19+,20+,21-,22-,23+/m0/s1. The van der Waals surface area contributed by atoms with Gasteiger partial charge in [0, 0.05) is 12.5 Å². The fourth-order valence-corrected chi connectivity index (χ4v) is 3.14. The van der Waals surface area contributed by atoms with Gasteiger partial charge in [0.25, 0.3) is 0 Å². The lowest BCUT2D eigenvalue weighted by atomic mass is 10.1. The minimum Gasteiger partial charge on any atom is -0.460 e. The molecule has 0 aromatic rings. The van der Waals surface area contributed by atoms with Crippen molar-refractivity contribution in [2.24, 2.45) is 0 Å². The molecule has 2 heterocycles. The molecule has 0 saturated carbocycles. The van der Waals surface area contributed by atoms with E-state index in [9.17, 15) is 20.1 Å². The summed E-state index contributed by atoms with van der Waals surface area (Å²) in [4.78, 5) is 11.8. The van der Waals surface area contributed by atoms with Crippen LogP contribution in [0.2, 0.25) is 0 Å². The summed E-state index contributed by atoms with van der Waals surface area (Å²) in [5, 5.41) is 30.1. The zero-order valence-corrected chi connectivity index (χ0v) is 17.5. The van der Waals surface area contributed by atoms with Crippen LogP contribution in [-0.4, -0.2) is 57.9 Å². The van der Waals surface area contributed by atoms with Crippen LogP contribution in [0, 0.1) is 0 Å². The van der Waals surface area contributed by atoms with Gasteiger partial charge in [-0.3, -0.25) is 0 Å². The number of hydrogen-bond acceptors (Lipinski definition) is 6. The largest absolute Gasteiger partial charge is 0.460 e. The minimum atomic E-state index is -0.621. The summed E-state index contributed by atoms with van der Waals surface area (Å²) in [5.74, 6) is -0.410. The number of esters is 1. The Morgan fingerprint density at radius 3 is 2.50 bits per heavy atom. The Balaban J connectivity index is 1.90. The lowest BCUT2D eigenvalue weighted by Crippen LogP contribution is -2.14. The smallest absolute Gasteiger partial charge is 0.331 e. The number of fused-ring (bicyclic) bond motifs is 1. The highest BCUT2D eigenvalue weighted by Gasteiger charge is 2.37. The molecule has 0 aromatic heterocycles. The molecular weight excluding hydrogens is 384 g/mol. The predicted molar refractivity (Wildman–Crippen MR) is 116 cm³/mol. The topological polar surface area (TPSA) is 99.5 Å². The van der Waals surface area contributed by atoms with Gasteiger partial charge in [0.15, 0.2) is 0 Å². The molecule has 2 rings (SSSR count). The zero-order chi connectivity index (χ0) is 21.8. The Bertz CT molecular complexity index is 663. The molecule has 2 aliphatic heterocycles. The monoisotopic (exact) mass is 418 g/mol. The number of epoxide rings is 1. The molecule has 6 atom stereocenters. The first-order valence-corrected chi connectivity index (χ1v) is 10.7. The fraction of sp³-hybridized carbons (Fsp3) is 0.542. The summed E-state index contributed by atoms with van der Waals surface area (Å²) >= 11 is 0. The van der Waals surface area contributed by atoms with Crippen LogP contribution in [0.4, 0.5) is 0 Å². The van der Waals surface area contributed by atoms with E-state index in [2.05, 4.69) is 0 Å². The van der Waals surface area contributed by atoms with Crippen molar-refractivity contribution in [3.63, 3.8) is 0 Å². The second-order valence-electron chi connectivity index (χ2n) is 7.80. The van der Waals surface area contributed by atoms with Gasteiger partial charge in [-0.2, -0.15) is 0 Å². The van der Waals surface area contributed by atoms with Crippen LogP contribution >= 0.6 is 0 Å². The Hall–Kier alpha value is -1.99. The van der Waals surface area contributed by atoms with Crippen molar-refractivity contribution in [1.29, 1.82) is 0 Å². The second kappa shape index (κ2) is 13.3. The number of ether oxygens (including phenoxy) is 2. The molecule has 0 radical (unpaired) electrons. The highest BCUT2D eigenvalue weighted by Crippen LogP contribution is 2.28. The van der Waals surface area contributed by atoms with Gasteiger partial charge in [-0.25, -0.2) is 4.79 Å². The first-order chi connectivity index (χ1) is 14.4. The molecule has 166 valence electrons. The molecule has 0 amide bonds. The number of hydrogen-bond donors (Lipinski definition) is 3. The minimum absolute atomic E-state index is 0.0148. The number of aliphatic hydroxyl groups excluding tert-OH is 3. The van der Waals surface area contributed by atoms with E-state index in [4.69, 9.17) is 9.47 Å². The van der Waals surface area contributed by atoms with E-state index in [-0.39, 0.29) is 18.3 Å². The summed E-state index contributed by atoms with van der Waals surface area (Å²) < 4.78 is 10.8. The van der Waals surface area contributed by atoms with Crippen LogP contribution in [0.1, 0.15) is 45.4 Å². The maximum atomic E-state index is 11.8. The lowest BCUT2D eigenvalue weighted by molar-refractivity contribution is -0.142. The van der Waals surface area contributed by atoms with E-state index >= 15 is 0 Å². The van der Waals surface area contributed by atoms with E-state index < -0.39 is 24.3 Å². The molecule has 0 aliphatic carbocycles. The first kappa shape index (κ1) is 24.3. The molecule has 0 aromatic carbocycles. The first-order valence-electron chi connectivity index (χ1n) is 10.7. The van der Waals surface area contributed by atoms with Crippen LogP contribution in [0.3, 0.4) is 0 Å². The van der Waals surface area contributed by atoms with Crippen molar-refractivity contribution in [1.82, 2.24) is 0 Å². The molecule has 1 saturated heterocycles. The zero-order valence-electron chi connectivity index (χ0n) is 17.5. The number of carbonyl (C=O) groups is 1.